The zero-order valence-electron chi connectivity index (χ0n) is 19.0. The normalized spacial score (nSPS) is 13.5. The molecule has 3 aromatic carbocycles. The summed E-state index contributed by atoms with van der Waals surface area (Å²) in [5.74, 6) is 1.71. The number of hydrogen-bond donors (Lipinski definition) is 1. The Balaban J connectivity index is 1.45. The largest absolute Gasteiger partial charge is 0.495 e. The van der Waals surface area contributed by atoms with E-state index in [2.05, 4.69) is 4.90 Å². The lowest BCUT2D eigenvalue weighted by atomic mass is 10.1. The van der Waals surface area contributed by atoms with Gasteiger partial charge in [-0.2, -0.15) is 0 Å². The predicted molar refractivity (Wildman–Crippen MR) is 129 cm³/mol. The van der Waals surface area contributed by atoms with E-state index < -0.39 is 0 Å². The number of para-hydroxylation sites is 2. The summed E-state index contributed by atoms with van der Waals surface area (Å²) in [6, 6.07) is 21.1. The Labute approximate surface area is 194 Å². The second kappa shape index (κ2) is 10.2. The zero-order chi connectivity index (χ0) is 23.2. The molecular weight excluding hydrogens is 418 g/mol. The number of piperazine rings is 1. The Morgan fingerprint density at radius 3 is 2.21 bits per heavy atom. The minimum Gasteiger partial charge on any atom is -0.495 e. The van der Waals surface area contributed by atoms with Crippen LogP contribution < -0.4 is 24.8 Å². The highest BCUT2D eigenvalue weighted by atomic mass is 16.5. The molecule has 1 saturated heterocycles. The van der Waals surface area contributed by atoms with Crippen molar-refractivity contribution < 1.29 is 19.0 Å². The standard InChI is InChI=1S/C26H29N3O4/c1-31-23-11-7-6-10-22(23)28-12-14-29(15-13-28)26(30)20-16-24(32-2)25(17-21(20)27)33-18-19-8-4-3-5-9-19/h3-11,16-17H,12-15,18,27H2,1-2H3. The molecule has 2 N–H and O–H groups in total. The van der Waals surface area contributed by atoms with Gasteiger partial charge in [-0.15, -0.1) is 0 Å². The molecule has 1 aliphatic rings. The van der Waals surface area contributed by atoms with Crippen LogP contribution in [0.4, 0.5) is 11.4 Å². The summed E-state index contributed by atoms with van der Waals surface area (Å²) in [7, 11) is 3.23. The molecule has 3 aromatic rings. The zero-order valence-corrected chi connectivity index (χ0v) is 19.0. The van der Waals surface area contributed by atoms with Crippen molar-refractivity contribution in [1.82, 2.24) is 4.90 Å². The summed E-state index contributed by atoms with van der Waals surface area (Å²) in [6.07, 6.45) is 0. The molecule has 7 heteroatoms. The number of ether oxygens (including phenoxy) is 3. The average Bonchev–Trinajstić information content (AvgIpc) is 2.87. The Kier molecular flexibility index (Phi) is 6.88. The van der Waals surface area contributed by atoms with Gasteiger partial charge in [0.15, 0.2) is 11.5 Å². The van der Waals surface area contributed by atoms with Gasteiger partial charge >= 0.3 is 0 Å². The second-order valence-corrected chi connectivity index (χ2v) is 7.82. The lowest BCUT2D eigenvalue weighted by molar-refractivity contribution is 0.0747. The highest BCUT2D eigenvalue weighted by Gasteiger charge is 2.26. The molecule has 1 fully saturated rings. The van der Waals surface area contributed by atoms with Crippen LogP contribution in [0.3, 0.4) is 0 Å². The molecule has 1 aliphatic heterocycles. The SMILES string of the molecule is COc1cc(C(=O)N2CCN(c3ccccc3OC)CC2)c(N)cc1OCc1ccccc1. The van der Waals surface area contributed by atoms with Crippen LogP contribution >= 0.6 is 0 Å². The number of nitrogens with zero attached hydrogens (tertiary/aromatic N) is 2. The first-order valence-corrected chi connectivity index (χ1v) is 10.9. The van der Waals surface area contributed by atoms with Crippen molar-refractivity contribution in [3.05, 3.63) is 77.9 Å². The van der Waals surface area contributed by atoms with Gasteiger partial charge in [0, 0.05) is 37.9 Å². The van der Waals surface area contributed by atoms with Gasteiger partial charge < -0.3 is 29.7 Å². The van der Waals surface area contributed by atoms with Crippen molar-refractivity contribution in [2.45, 2.75) is 6.61 Å². The molecule has 0 atom stereocenters. The van der Waals surface area contributed by atoms with E-state index in [-0.39, 0.29) is 5.91 Å². The van der Waals surface area contributed by atoms with Crippen LogP contribution in [-0.2, 0) is 6.61 Å². The number of benzene rings is 3. The third-order valence-electron chi connectivity index (χ3n) is 5.80. The van der Waals surface area contributed by atoms with Crippen molar-refractivity contribution in [1.29, 1.82) is 0 Å². The summed E-state index contributed by atoms with van der Waals surface area (Å²) in [6.45, 7) is 2.98. The molecule has 0 aromatic heterocycles. The predicted octanol–water partition coefficient (Wildman–Crippen LogP) is 3.83. The minimum atomic E-state index is -0.111. The van der Waals surface area contributed by atoms with E-state index in [4.69, 9.17) is 19.9 Å². The molecule has 0 radical (unpaired) electrons. The maximum atomic E-state index is 13.3. The number of carbonyl (C=O) groups excluding carboxylic acids is 1. The lowest BCUT2D eigenvalue weighted by Crippen LogP contribution is -2.49. The molecule has 33 heavy (non-hydrogen) atoms. The number of nitrogens with two attached hydrogens (primary N) is 1. The van der Waals surface area contributed by atoms with Crippen LogP contribution in [0.5, 0.6) is 17.2 Å². The summed E-state index contributed by atoms with van der Waals surface area (Å²) in [5.41, 5.74) is 9.13. The van der Waals surface area contributed by atoms with E-state index >= 15 is 0 Å². The number of hydrogen-bond acceptors (Lipinski definition) is 6. The first kappa shape index (κ1) is 22.3. The Morgan fingerprint density at radius 1 is 0.848 bits per heavy atom. The highest BCUT2D eigenvalue weighted by molar-refractivity contribution is 6.00. The van der Waals surface area contributed by atoms with Gasteiger partial charge in [0.05, 0.1) is 25.5 Å². The van der Waals surface area contributed by atoms with Gasteiger partial charge in [0.25, 0.3) is 5.91 Å². The monoisotopic (exact) mass is 447 g/mol. The van der Waals surface area contributed by atoms with E-state index in [1.54, 1.807) is 26.4 Å². The van der Waals surface area contributed by atoms with E-state index in [1.165, 1.54) is 0 Å². The molecule has 4 rings (SSSR count). The second-order valence-electron chi connectivity index (χ2n) is 7.82. The third-order valence-corrected chi connectivity index (χ3v) is 5.80. The van der Waals surface area contributed by atoms with Gasteiger partial charge in [-0.3, -0.25) is 4.79 Å². The van der Waals surface area contributed by atoms with Gasteiger partial charge in [0.2, 0.25) is 0 Å². The molecule has 7 nitrogen and oxygen atoms in total. The molecule has 0 saturated carbocycles. The van der Waals surface area contributed by atoms with Crippen LogP contribution in [0.15, 0.2) is 66.7 Å². The summed E-state index contributed by atoms with van der Waals surface area (Å²) >= 11 is 0. The highest BCUT2D eigenvalue weighted by Crippen LogP contribution is 2.34. The quantitative estimate of drug-likeness (QED) is 0.555. The number of amides is 1. The number of nitrogen functional groups attached to an aromatic ring is 1. The van der Waals surface area contributed by atoms with E-state index in [9.17, 15) is 4.79 Å². The number of methoxy groups -OCH3 is 2. The Morgan fingerprint density at radius 2 is 1.52 bits per heavy atom. The first-order valence-electron chi connectivity index (χ1n) is 10.9. The first-order chi connectivity index (χ1) is 16.1. The molecule has 0 aliphatic carbocycles. The molecule has 0 unspecified atom stereocenters. The molecule has 1 heterocycles. The van der Waals surface area contributed by atoms with Gasteiger partial charge in [-0.25, -0.2) is 0 Å². The summed E-state index contributed by atoms with van der Waals surface area (Å²) in [4.78, 5) is 17.3. The third kappa shape index (κ3) is 4.98. The van der Waals surface area contributed by atoms with Crippen molar-refractivity contribution in [3.63, 3.8) is 0 Å². The van der Waals surface area contributed by atoms with Crippen molar-refractivity contribution in [2.24, 2.45) is 0 Å². The van der Waals surface area contributed by atoms with Crippen LogP contribution in [0.1, 0.15) is 15.9 Å². The van der Waals surface area contributed by atoms with Gasteiger partial charge in [0.1, 0.15) is 12.4 Å². The number of carbonyl (C=O) groups is 1. The van der Waals surface area contributed by atoms with E-state index in [0.29, 0.717) is 55.5 Å². The number of rotatable bonds is 7. The molecule has 172 valence electrons. The fraction of sp³-hybridized carbons (Fsp3) is 0.269. The Hall–Kier alpha value is -3.87. The molecule has 0 spiro atoms. The van der Waals surface area contributed by atoms with Crippen molar-refractivity contribution >= 4 is 17.3 Å². The summed E-state index contributed by atoms with van der Waals surface area (Å²) in [5, 5.41) is 0. The Bertz CT molecular complexity index is 1100. The molecular formula is C26H29N3O4. The van der Waals surface area contributed by atoms with Crippen molar-refractivity contribution in [3.8, 4) is 17.2 Å². The van der Waals surface area contributed by atoms with Crippen LogP contribution in [0.25, 0.3) is 0 Å². The average molecular weight is 448 g/mol. The molecule has 1 amide bonds. The smallest absolute Gasteiger partial charge is 0.256 e. The molecule has 0 bridgehead atoms. The maximum Gasteiger partial charge on any atom is 0.256 e. The minimum absolute atomic E-state index is 0.111. The van der Waals surface area contributed by atoms with E-state index in [1.807, 2.05) is 59.5 Å². The fourth-order valence-electron chi connectivity index (χ4n) is 3.98. The van der Waals surface area contributed by atoms with Crippen LogP contribution in [-0.4, -0.2) is 51.2 Å². The van der Waals surface area contributed by atoms with Gasteiger partial charge in [-0.1, -0.05) is 42.5 Å². The fourth-order valence-corrected chi connectivity index (χ4v) is 3.98. The van der Waals surface area contributed by atoms with Gasteiger partial charge in [-0.05, 0) is 23.8 Å². The maximum absolute atomic E-state index is 13.3. The van der Waals surface area contributed by atoms with Crippen molar-refractivity contribution in [2.75, 3.05) is 51.0 Å². The van der Waals surface area contributed by atoms with Crippen LogP contribution in [0.2, 0.25) is 0 Å². The van der Waals surface area contributed by atoms with Crippen LogP contribution in [0, 0.1) is 0 Å². The number of anilines is 2. The lowest BCUT2D eigenvalue weighted by Gasteiger charge is -2.36. The van der Waals surface area contributed by atoms with E-state index in [0.717, 1.165) is 17.0 Å². The topological polar surface area (TPSA) is 77.3 Å². The summed E-state index contributed by atoms with van der Waals surface area (Å²) < 4.78 is 16.9.